The maximum Gasteiger partial charge on any atom is 0.307 e. The summed E-state index contributed by atoms with van der Waals surface area (Å²) in [5.41, 5.74) is 4.49. The molecule has 6 atom stereocenters. The number of nitrogens with one attached hydrogen (secondary N) is 4. The molecule has 0 spiro atoms. The number of amides is 4. The number of hydrogen-bond donors (Lipinski definition) is 7. The summed E-state index contributed by atoms with van der Waals surface area (Å²) >= 11 is 0. The van der Waals surface area contributed by atoms with E-state index in [4.69, 9.17) is 5.11 Å². The smallest absolute Gasteiger partial charge is 0.307 e. The van der Waals surface area contributed by atoms with Crippen LogP contribution in [0.25, 0.3) is 0 Å². The van der Waals surface area contributed by atoms with Gasteiger partial charge in [-0.1, -0.05) is 98.2 Å². The maximum absolute atomic E-state index is 13.3. The molecule has 0 saturated heterocycles. The van der Waals surface area contributed by atoms with E-state index in [1.54, 1.807) is 133 Å². The van der Waals surface area contributed by atoms with Crippen molar-refractivity contribution >= 4 is 70.5 Å². The van der Waals surface area contributed by atoms with Crippen molar-refractivity contribution in [3.8, 4) is 23.7 Å². The SMILES string of the molecule is CC(=O)C[C@H](CC(=O)[C@H](Cc1ccccc1)NC(=O)[C@H](C)CC(=O)CNC(=O)c1ccc(C#Cc2ccc(C#Cc3ccc(C(=O)NCC(=O)C[C@@H](C)C(=O)N[C@@H](Cc4ccccc4)C(=O)C[C@@H](CC(=O)O)C(=O)O)cc3)cc2)cc1)C(=O)O. The summed E-state index contributed by atoms with van der Waals surface area (Å²) in [5, 5.41) is 38.6. The minimum Gasteiger partial charge on any atom is -0.481 e. The predicted molar refractivity (Wildman–Crippen MR) is 307 cm³/mol. The second-order valence-electron chi connectivity index (χ2n) is 20.3. The highest BCUT2D eigenvalue weighted by atomic mass is 16.4. The zero-order chi connectivity index (χ0) is 61.3. The van der Waals surface area contributed by atoms with Crippen LogP contribution in [0.2, 0.25) is 0 Å². The lowest BCUT2D eigenvalue weighted by atomic mass is 9.91. The first-order valence-electron chi connectivity index (χ1n) is 26.9. The molecule has 0 aliphatic heterocycles. The molecule has 5 aromatic rings. The van der Waals surface area contributed by atoms with Gasteiger partial charge >= 0.3 is 17.9 Å². The first-order chi connectivity index (χ1) is 40.0. The molecule has 5 rings (SSSR count). The van der Waals surface area contributed by atoms with E-state index in [-0.39, 0.29) is 62.1 Å². The van der Waals surface area contributed by atoms with E-state index >= 15 is 0 Å². The fourth-order valence-electron chi connectivity index (χ4n) is 8.55. The third kappa shape index (κ3) is 22.1. The Kier molecular flexibility index (Phi) is 24.9. The number of carboxylic acid groups (broad SMARTS) is 3. The summed E-state index contributed by atoms with van der Waals surface area (Å²) in [6.07, 6.45) is -2.65. The first-order valence-corrected chi connectivity index (χ1v) is 26.9. The molecule has 84 heavy (non-hydrogen) atoms. The van der Waals surface area contributed by atoms with Crippen LogP contribution < -0.4 is 21.3 Å². The normalized spacial score (nSPS) is 12.7. The fraction of sp³-hybridized carbons (Fsp3) is 0.292. The highest BCUT2D eigenvalue weighted by molar-refractivity contribution is 5.99. The van der Waals surface area contributed by atoms with Gasteiger partial charge in [0.2, 0.25) is 11.8 Å². The van der Waals surface area contributed by atoms with E-state index in [9.17, 15) is 67.7 Å². The predicted octanol–water partition coefficient (Wildman–Crippen LogP) is 5.37. The van der Waals surface area contributed by atoms with Gasteiger partial charge in [-0.15, -0.1) is 0 Å². The monoisotopic (exact) mass is 1140 g/mol. The Bertz CT molecular complexity index is 3130. The highest BCUT2D eigenvalue weighted by Crippen LogP contribution is 2.18. The average Bonchev–Trinajstić information content (AvgIpc) is 3.67. The average molecular weight is 1140 g/mol. The summed E-state index contributed by atoms with van der Waals surface area (Å²) < 4.78 is 0. The number of carbonyl (C=O) groups is 12. The van der Waals surface area contributed by atoms with E-state index in [0.29, 0.717) is 33.4 Å². The minimum atomic E-state index is -1.50. The Hall–Kier alpha value is -10.1. The molecule has 434 valence electrons. The Morgan fingerprint density at radius 2 is 0.738 bits per heavy atom. The standard InChI is InChI=1S/C65H64N4O15/c1-40(60(77)68-55(33-47-10-6-4-7-11-47)57(73)35-51(64(81)82)32-42(3)70)30-53(71)38-66-62(79)49-26-22-45(23-27-49)20-18-43-14-16-44(17-15-43)19-21-46-24-28-50(29-25-46)63(80)67-39-54(72)31-41(2)61(78)69-56(34-48-12-8-5-9-13-48)58(74)36-52(65(83)84)37-59(75)76/h4-17,22-29,40-41,51-52,55-56H,30-39H2,1-3H3,(H,66,79)(H,67,80)(H,68,77)(H,69,78)(H,75,76)(H,81,82)(H,83,84)/t40-,41-,51-,52+,55+,56+/m1/s1. The van der Waals surface area contributed by atoms with Crippen LogP contribution in [-0.2, 0) is 60.8 Å². The molecular formula is C65H64N4O15. The van der Waals surface area contributed by atoms with Gasteiger partial charge in [-0.3, -0.25) is 52.7 Å². The summed E-state index contributed by atoms with van der Waals surface area (Å²) in [4.78, 5) is 151. The molecule has 7 N–H and O–H groups in total. The third-order valence-corrected chi connectivity index (χ3v) is 13.3. The van der Waals surface area contributed by atoms with Crippen LogP contribution >= 0.6 is 0 Å². The molecule has 0 unspecified atom stereocenters. The Balaban J connectivity index is 1.05. The second kappa shape index (κ2) is 32.3. The lowest BCUT2D eigenvalue weighted by Crippen LogP contribution is -2.46. The van der Waals surface area contributed by atoms with E-state index in [2.05, 4.69) is 44.9 Å². The molecule has 0 aliphatic carbocycles. The van der Waals surface area contributed by atoms with Crippen LogP contribution in [0, 0.1) is 47.4 Å². The number of rotatable bonds is 30. The van der Waals surface area contributed by atoms with Gasteiger partial charge in [-0.05, 0) is 104 Å². The molecule has 19 heteroatoms. The Morgan fingerprint density at radius 3 is 1.05 bits per heavy atom. The fourth-order valence-corrected chi connectivity index (χ4v) is 8.55. The Labute approximate surface area is 485 Å². The van der Waals surface area contributed by atoms with E-state index in [1.165, 1.54) is 20.8 Å². The molecular weight excluding hydrogens is 1080 g/mol. The molecule has 0 saturated carbocycles. The number of benzene rings is 5. The van der Waals surface area contributed by atoms with Crippen LogP contribution in [0.3, 0.4) is 0 Å². The zero-order valence-corrected chi connectivity index (χ0v) is 46.5. The van der Waals surface area contributed by atoms with Crippen LogP contribution in [-0.4, -0.2) is 111 Å². The first kappa shape index (κ1) is 64.7. The van der Waals surface area contributed by atoms with Crippen molar-refractivity contribution in [2.45, 2.75) is 84.2 Å². The van der Waals surface area contributed by atoms with Crippen LogP contribution in [0.15, 0.2) is 133 Å². The summed E-state index contributed by atoms with van der Waals surface area (Å²) in [6.45, 7) is 3.46. The van der Waals surface area contributed by atoms with Crippen LogP contribution in [0.5, 0.6) is 0 Å². The second-order valence-corrected chi connectivity index (χ2v) is 20.3. The van der Waals surface area contributed by atoms with Crippen molar-refractivity contribution in [3.05, 3.63) is 178 Å². The molecule has 0 aromatic heterocycles. The van der Waals surface area contributed by atoms with Gasteiger partial charge in [0.15, 0.2) is 23.1 Å². The van der Waals surface area contributed by atoms with Crippen molar-refractivity contribution in [3.63, 3.8) is 0 Å². The topological polar surface area (TPSA) is 314 Å². The minimum absolute atomic E-state index is 0.0101. The van der Waals surface area contributed by atoms with Crippen molar-refractivity contribution in [1.29, 1.82) is 0 Å². The molecule has 0 aliphatic rings. The van der Waals surface area contributed by atoms with E-state index in [0.717, 1.165) is 0 Å². The summed E-state index contributed by atoms with van der Waals surface area (Å²) in [5.74, 6) is -1.39. The number of Topliss-reactive ketones (excluding diaryl/α,β-unsaturated/α-hetero) is 5. The third-order valence-electron chi connectivity index (χ3n) is 13.3. The van der Waals surface area contributed by atoms with Gasteiger partial charge < -0.3 is 41.4 Å². The van der Waals surface area contributed by atoms with Gasteiger partial charge in [0.05, 0.1) is 43.4 Å². The van der Waals surface area contributed by atoms with Gasteiger partial charge in [-0.25, -0.2) is 0 Å². The molecule has 5 aromatic carbocycles. The van der Waals surface area contributed by atoms with Gasteiger partial charge in [0.25, 0.3) is 11.8 Å². The molecule has 0 fully saturated rings. The van der Waals surface area contributed by atoms with Crippen molar-refractivity contribution in [2.24, 2.45) is 23.7 Å². The van der Waals surface area contributed by atoms with E-state index < -0.39 is 120 Å². The van der Waals surface area contributed by atoms with E-state index in [1.807, 2.05) is 0 Å². The number of hydrogen-bond acceptors (Lipinski definition) is 12. The van der Waals surface area contributed by atoms with Crippen LogP contribution in [0.1, 0.15) is 113 Å². The van der Waals surface area contributed by atoms with Crippen LogP contribution in [0.4, 0.5) is 0 Å². The number of ketones is 5. The Morgan fingerprint density at radius 1 is 0.417 bits per heavy atom. The van der Waals surface area contributed by atoms with Gasteiger partial charge in [-0.2, -0.15) is 0 Å². The molecule has 0 bridgehead atoms. The largest absolute Gasteiger partial charge is 0.481 e. The summed E-state index contributed by atoms with van der Waals surface area (Å²) in [7, 11) is 0. The van der Waals surface area contributed by atoms with Crippen molar-refractivity contribution < 1.29 is 72.9 Å². The number of aliphatic carboxylic acids is 3. The quantitative estimate of drug-likeness (QED) is 0.0285. The lowest BCUT2D eigenvalue weighted by Gasteiger charge is -2.22. The lowest BCUT2D eigenvalue weighted by molar-refractivity contribution is -0.149. The summed E-state index contributed by atoms with van der Waals surface area (Å²) in [6, 6.07) is 35.1. The molecule has 19 nitrogen and oxygen atoms in total. The zero-order valence-electron chi connectivity index (χ0n) is 46.5. The number of carbonyl (C=O) groups excluding carboxylic acids is 9. The van der Waals surface area contributed by atoms with Crippen molar-refractivity contribution in [2.75, 3.05) is 13.1 Å². The van der Waals surface area contributed by atoms with Crippen molar-refractivity contribution in [1.82, 2.24) is 21.3 Å². The maximum atomic E-state index is 13.3. The molecule has 4 amide bonds. The molecule has 0 radical (unpaired) electrons. The number of carboxylic acids is 3. The molecule has 0 heterocycles. The van der Waals surface area contributed by atoms with Gasteiger partial charge in [0.1, 0.15) is 5.78 Å². The van der Waals surface area contributed by atoms with Gasteiger partial charge in [0, 0.05) is 77.3 Å². The highest BCUT2D eigenvalue weighted by Gasteiger charge is 2.32.